The van der Waals surface area contributed by atoms with Crippen LogP contribution in [0.3, 0.4) is 0 Å². The molecule has 2 heterocycles. The van der Waals surface area contributed by atoms with Crippen LogP contribution >= 0.6 is 0 Å². The second-order valence-electron chi connectivity index (χ2n) is 8.45. The number of quaternary nitrogens is 2. The number of para-hydroxylation sites is 2. The number of hydrogen-bond acceptors (Lipinski definition) is 4. The fraction of sp³-hybridized carbons (Fsp3) is 0.478. The number of likely N-dealkylation sites (tertiary alicyclic amines) is 1. The van der Waals surface area contributed by atoms with Crippen molar-refractivity contribution < 1.29 is 19.5 Å². The van der Waals surface area contributed by atoms with Crippen LogP contribution in [0.15, 0.2) is 48.5 Å². The Bertz CT molecular complexity index is 859. The summed E-state index contributed by atoms with van der Waals surface area (Å²) in [6.07, 6.45) is 2.46. The minimum atomic E-state index is -0.306. The van der Waals surface area contributed by atoms with Gasteiger partial charge >= 0.3 is 0 Å². The highest BCUT2D eigenvalue weighted by Crippen LogP contribution is 2.27. The monoisotopic (exact) mass is 412 g/mol. The van der Waals surface area contributed by atoms with Gasteiger partial charge in [-0.15, -0.1) is 0 Å². The molecule has 2 aliphatic heterocycles. The molecule has 0 spiro atoms. The van der Waals surface area contributed by atoms with Crippen LogP contribution in [-0.4, -0.2) is 57.3 Å². The fourth-order valence-corrected chi connectivity index (χ4v) is 5.01. The zero-order valence-electron chi connectivity index (χ0n) is 17.7. The van der Waals surface area contributed by atoms with E-state index in [-0.39, 0.29) is 10.6 Å². The van der Waals surface area contributed by atoms with E-state index in [1.165, 1.54) is 31.6 Å². The van der Waals surface area contributed by atoms with Crippen molar-refractivity contribution in [3.05, 3.63) is 64.2 Å². The number of rotatable bonds is 6. The first-order valence-electron chi connectivity index (χ1n) is 10.9. The molecule has 2 N–H and O–H groups in total. The first-order chi connectivity index (χ1) is 14.6. The van der Waals surface area contributed by atoms with Gasteiger partial charge in [-0.3, -0.25) is 10.1 Å². The van der Waals surface area contributed by atoms with E-state index in [9.17, 15) is 10.1 Å². The van der Waals surface area contributed by atoms with E-state index < -0.39 is 0 Å². The van der Waals surface area contributed by atoms with Crippen LogP contribution in [0.2, 0.25) is 0 Å². The number of nitrogens with one attached hydrogen (secondary N) is 2. The maximum absolute atomic E-state index is 11.0. The van der Waals surface area contributed by atoms with Gasteiger partial charge in [0.15, 0.2) is 0 Å². The molecule has 0 unspecified atom stereocenters. The first kappa shape index (κ1) is 20.6. The number of benzene rings is 2. The fourth-order valence-electron chi connectivity index (χ4n) is 5.01. The van der Waals surface area contributed by atoms with Crippen molar-refractivity contribution in [2.24, 2.45) is 0 Å². The summed E-state index contributed by atoms with van der Waals surface area (Å²) in [5.74, 6) is 0.957. The Labute approximate surface area is 178 Å². The lowest BCUT2D eigenvalue weighted by Crippen LogP contribution is -3.21. The molecule has 0 amide bonds. The molecule has 2 fully saturated rings. The van der Waals surface area contributed by atoms with Crippen LogP contribution in [0.5, 0.6) is 5.75 Å². The molecule has 2 saturated heterocycles. The highest BCUT2D eigenvalue weighted by Gasteiger charge is 2.32. The SMILES string of the molecule is COc1ccccc1N1CC[NH+](C2CC[NH+](Cc3cccc([N+](=O)[O-])c3)CC2)CC1. The van der Waals surface area contributed by atoms with Gasteiger partial charge in [-0.2, -0.15) is 0 Å². The Morgan fingerprint density at radius 1 is 1.07 bits per heavy atom. The van der Waals surface area contributed by atoms with E-state index in [4.69, 9.17) is 4.74 Å². The molecule has 0 aliphatic carbocycles. The predicted octanol–water partition coefficient (Wildman–Crippen LogP) is 0.556. The van der Waals surface area contributed by atoms with Gasteiger partial charge in [0.2, 0.25) is 0 Å². The van der Waals surface area contributed by atoms with Crippen molar-refractivity contribution >= 4 is 11.4 Å². The third-order valence-electron chi connectivity index (χ3n) is 6.68. The first-order valence-corrected chi connectivity index (χ1v) is 10.9. The number of methoxy groups -OCH3 is 1. The van der Waals surface area contributed by atoms with Crippen molar-refractivity contribution in [2.45, 2.75) is 25.4 Å². The van der Waals surface area contributed by atoms with Crippen LogP contribution < -0.4 is 19.4 Å². The van der Waals surface area contributed by atoms with Crippen molar-refractivity contribution in [2.75, 3.05) is 51.3 Å². The predicted molar refractivity (Wildman–Crippen MR) is 116 cm³/mol. The maximum Gasteiger partial charge on any atom is 0.269 e. The van der Waals surface area contributed by atoms with Crippen LogP contribution in [0, 0.1) is 10.1 Å². The van der Waals surface area contributed by atoms with Crippen LogP contribution in [0.4, 0.5) is 11.4 Å². The largest absolute Gasteiger partial charge is 0.495 e. The average Bonchev–Trinajstić information content (AvgIpc) is 2.80. The molecule has 0 saturated carbocycles. The van der Waals surface area contributed by atoms with Gasteiger partial charge in [0.1, 0.15) is 12.3 Å². The Balaban J connectivity index is 1.26. The van der Waals surface area contributed by atoms with Crippen LogP contribution in [0.25, 0.3) is 0 Å². The second-order valence-corrected chi connectivity index (χ2v) is 8.45. The number of anilines is 1. The normalized spacial score (nSPS) is 22.6. The molecule has 2 aromatic carbocycles. The summed E-state index contributed by atoms with van der Waals surface area (Å²) < 4.78 is 5.53. The third-order valence-corrected chi connectivity index (χ3v) is 6.68. The molecule has 0 bridgehead atoms. The summed E-state index contributed by atoms with van der Waals surface area (Å²) >= 11 is 0. The average molecular weight is 413 g/mol. The summed E-state index contributed by atoms with van der Waals surface area (Å²) in [6.45, 7) is 7.64. The second kappa shape index (κ2) is 9.45. The van der Waals surface area contributed by atoms with Crippen LogP contribution in [0.1, 0.15) is 18.4 Å². The summed E-state index contributed by atoms with van der Waals surface area (Å²) in [5, 5.41) is 11.0. The zero-order valence-corrected chi connectivity index (χ0v) is 17.7. The lowest BCUT2D eigenvalue weighted by Gasteiger charge is -2.40. The van der Waals surface area contributed by atoms with Gasteiger partial charge in [-0.25, -0.2) is 0 Å². The molecule has 4 rings (SSSR count). The number of nitro benzene ring substituents is 1. The molecular formula is C23H32N4O3+2. The van der Waals surface area contributed by atoms with E-state index in [2.05, 4.69) is 17.0 Å². The number of ether oxygens (including phenoxy) is 1. The van der Waals surface area contributed by atoms with E-state index in [1.54, 1.807) is 35.1 Å². The number of nitrogens with zero attached hydrogens (tertiary/aromatic N) is 2. The van der Waals surface area contributed by atoms with Crippen molar-refractivity contribution in [1.29, 1.82) is 0 Å². The van der Waals surface area contributed by atoms with Crippen molar-refractivity contribution in [1.82, 2.24) is 0 Å². The number of piperidine rings is 1. The van der Waals surface area contributed by atoms with E-state index in [0.29, 0.717) is 0 Å². The van der Waals surface area contributed by atoms with Gasteiger partial charge in [0, 0.05) is 30.5 Å². The highest BCUT2D eigenvalue weighted by atomic mass is 16.6. The summed E-state index contributed by atoms with van der Waals surface area (Å²) in [4.78, 5) is 16.4. The van der Waals surface area contributed by atoms with E-state index in [1.807, 2.05) is 18.2 Å². The Hall–Kier alpha value is -2.64. The molecule has 2 aliphatic rings. The highest BCUT2D eigenvalue weighted by molar-refractivity contribution is 5.58. The molecular weight excluding hydrogens is 380 g/mol. The van der Waals surface area contributed by atoms with Gasteiger partial charge in [0.25, 0.3) is 5.69 Å². The molecule has 7 heteroatoms. The minimum absolute atomic E-state index is 0.194. The minimum Gasteiger partial charge on any atom is -0.495 e. The summed E-state index contributed by atoms with van der Waals surface area (Å²) in [5.41, 5.74) is 2.46. The summed E-state index contributed by atoms with van der Waals surface area (Å²) in [6, 6.07) is 16.1. The molecule has 2 aromatic rings. The molecule has 0 radical (unpaired) electrons. The van der Waals surface area contributed by atoms with Gasteiger partial charge in [-0.1, -0.05) is 24.3 Å². The Kier molecular flexibility index (Phi) is 6.50. The number of hydrogen-bond donors (Lipinski definition) is 2. The van der Waals surface area contributed by atoms with Crippen LogP contribution in [-0.2, 0) is 6.54 Å². The molecule has 0 aromatic heterocycles. The smallest absolute Gasteiger partial charge is 0.269 e. The van der Waals surface area contributed by atoms with E-state index in [0.717, 1.165) is 50.1 Å². The number of nitro groups is 1. The van der Waals surface area contributed by atoms with Gasteiger partial charge in [0.05, 0.1) is 63.0 Å². The molecule has 160 valence electrons. The lowest BCUT2D eigenvalue weighted by atomic mass is 10.0. The van der Waals surface area contributed by atoms with E-state index >= 15 is 0 Å². The molecule has 7 nitrogen and oxygen atoms in total. The van der Waals surface area contributed by atoms with Crippen molar-refractivity contribution in [3.8, 4) is 5.75 Å². The number of piperazine rings is 1. The third kappa shape index (κ3) is 4.74. The zero-order chi connectivity index (χ0) is 20.9. The van der Waals surface area contributed by atoms with Gasteiger partial charge in [-0.05, 0) is 12.1 Å². The Morgan fingerprint density at radius 2 is 1.80 bits per heavy atom. The topological polar surface area (TPSA) is 64.5 Å². The van der Waals surface area contributed by atoms with Gasteiger partial charge < -0.3 is 19.4 Å². The Morgan fingerprint density at radius 3 is 2.50 bits per heavy atom. The maximum atomic E-state index is 11.0. The number of non-ortho nitro benzene ring substituents is 1. The summed E-state index contributed by atoms with van der Waals surface area (Å²) in [7, 11) is 1.74. The molecule has 0 atom stereocenters. The molecule has 30 heavy (non-hydrogen) atoms. The lowest BCUT2D eigenvalue weighted by molar-refractivity contribution is -0.963. The quantitative estimate of drug-likeness (QED) is 0.538. The standard InChI is InChI=1S/C23H30N4O3/c1-30-23-8-3-2-7-22(23)26-15-13-25(14-16-26)20-9-11-24(12-10-20)18-19-5-4-6-21(17-19)27(28)29/h2-8,17,20H,9-16,18H2,1H3/p+2. The van der Waals surface area contributed by atoms with Crippen molar-refractivity contribution in [3.63, 3.8) is 0 Å².